The number of sulfonamides is 1. The van der Waals surface area contributed by atoms with Crippen molar-refractivity contribution in [1.82, 2.24) is 9.21 Å². The normalized spacial score (nSPS) is 23.7. The number of hydrogen-bond acceptors (Lipinski definition) is 6. The maximum absolute atomic E-state index is 13.3. The van der Waals surface area contributed by atoms with Crippen LogP contribution in [0.15, 0.2) is 53.4 Å². The van der Waals surface area contributed by atoms with Crippen molar-refractivity contribution in [2.45, 2.75) is 23.5 Å². The first-order valence-electron chi connectivity index (χ1n) is 10.1. The Bertz CT molecular complexity index is 979. The van der Waals surface area contributed by atoms with Crippen molar-refractivity contribution in [3.8, 4) is 11.5 Å². The summed E-state index contributed by atoms with van der Waals surface area (Å²) in [6.45, 7) is 3.23. The third kappa shape index (κ3) is 4.18. The average molecular weight is 433 g/mol. The summed E-state index contributed by atoms with van der Waals surface area (Å²) in [4.78, 5) is 2.54. The van der Waals surface area contributed by atoms with Gasteiger partial charge >= 0.3 is 0 Å². The van der Waals surface area contributed by atoms with Crippen molar-refractivity contribution < 1.29 is 22.6 Å². The van der Waals surface area contributed by atoms with Crippen molar-refractivity contribution in [1.29, 1.82) is 0 Å². The molecule has 4 rings (SSSR count). The average Bonchev–Trinajstić information content (AvgIpc) is 3.10. The van der Waals surface area contributed by atoms with Gasteiger partial charge in [0.05, 0.1) is 20.3 Å². The van der Waals surface area contributed by atoms with Crippen LogP contribution in [0, 0.1) is 0 Å². The lowest BCUT2D eigenvalue weighted by atomic mass is 10.0. The van der Waals surface area contributed by atoms with E-state index in [9.17, 15) is 8.42 Å². The van der Waals surface area contributed by atoms with Crippen LogP contribution in [0.2, 0.25) is 0 Å². The van der Waals surface area contributed by atoms with E-state index in [2.05, 4.69) is 17.0 Å². The van der Waals surface area contributed by atoms with Gasteiger partial charge in [-0.25, -0.2) is 8.42 Å². The van der Waals surface area contributed by atoms with Gasteiger partial charge in [0, 0.05) is 39.7 Å². The first-order chi connectivity index (χ1) is 14.5. The first kappa shape index (κ1) is 21.1. The van der Waals surface area contributed by atoms with Crippen LogP contribution in [0.25, 0.3) is 0 Å². The fraction of sp³-hybridized carbons (Fsp3) is 0.455. The lowest BCUT2D eigenvalue weighted by molar-refractivity contribution is 0.0533. The van der Waals surface area contributed by atoms with Gasteiger partial charge in [0.15, 0.2) is 0 Å². The molecule has 2 aliphatic rings. The summed E-state index contributed by atoms with van der Waals surface area (Å²) < 4.78 is 44.9. The van der Waals surface area contributed by atoms with E-state index in [0.29, 0.717) is 32.0 Å². The lowest BCUT2D eigenvalue weighted by Crippen LogP contribution is -2.49. The van der Waals surface area contributed by atoms with Crippen LogP contribution < -0.4 is 9.47 Å². The van der Waals surface area contributed by atoms with E-state index in [-0.39, 0.29) is 4.90 Å². The van der Waals surface area contributed by atoms with Crippen molar-refractivity contribution in [2.75, 3.05) is 47.0 Å². The number of hydrogen-bond donors (Lipinski definition) is 0. The van der Waals surface area contributed by atoms with E-state index in [1.165, 1.54) is 9.87 Å². The number of ether oxygens (including phenoxy) is 3. The molecule has 30 heavy (non-hydrogen) atoms. The molecule has 8 heteroatoms. The molecular weight excluding hydrogens is 404 g/mol. The number of fused-ring (bicyclic) bond motifs is 1. The summed E-state index contributed by atoms with van der Waals surface area (Å²) >= 11 is 0. The van der Waals surface area contributed by atoms with Crippen LogP contribution in [0.3, 0.4) is 0 Å². The summed E-state index contributed by atoms with van der Waals surface area (Å²) in [6, 6.07) is 14.9. The standard InChI is InChI=1S/C22H28N2O5S/c1-27-14-13-24-17-22(29-20-5-3-4-6-21(20)30(24,25)26)11-12-23(16-22)15-18-7-9-19(28-2)10-8-18/h3-10H,11-17H2,1-2H3. The predicted molar refractivity (Wildman–Crippen MR) is 113 cm³/mol. The van der Waals surface area contributed by atoms with Gasteiger partial charge in [-0.3, -0.25) is 4.90 Å². The molecule has 1 atom stereocenters. The molecule has 1 saturated heterocycles. The topological polar surface area (TPSA) is 68.3 Å². The van der Waals surface area contributed by atoms with E-state index in [1.54, 1.807) is 32.4 Å². The molecular formula is C22H28N2O5S. The number of benzene rings is 2. The Balaban J connectivity index is 1.58. The summed E-state index contributed by atoms with van der Waals surface area (Å²) in [6.07, 6.45) is 0.760. The Kier molecular flexibility index (Phi) is 6.02. The Morgan fingerprint density at radius 2 is 1.83 bits per heavy atom. The highest BCUT2D eigenvalue weighted by molar-refractivity contribution is 7.89. The second kappa shape index (κ2) is 8.55. The summed E-state index contributed by atoms with van der Waals surface area (Å²) in [5, 5.41) is 0. The van der Waals surface area contributed by atoms with E-state index in [0.717, 1.165) is 25.3 Å². The SMILES string of the molecule is COCCN1CC2(CCN(Cc3ccc(OC)cc3)C2)Oc2ccccc2S1(=O)=O. The number of methoxy groups -OCH3 is 2. The molecule has 2 heterocycles. The van der Waals surface area contributed by atoms with Crippen molar-refractivity contribution >= 4 is 10.0 Å². The lowest BCUT2D eigenvalue weighted by Gasteiger charge is -2.32. The van der Waals surface area contributed by atoms with E-state index < -0.39 is 15.6 Å². The third-order valence-electron chi connectivity index (χ3n) is 5.76. The van der Waals surface area contributed by atoms with Crippen LogP contribution >= 0.6 is 0 Å². The highest BCUT2D eigenvalue weighted by Crippen LogP contribution is 2.38. The molecule has 1 unspecified atom stereocenters. The zero-order valence-electron chi connectivity index (χ0n) is 17.4. The van der Waals surface area contributed by atoms with E-state index in [4.69, 9.17) is 14.2 Å². The minimum absolute atomic E-state index is 0.228. The Morgan fingerprint density at radius 3 is 2.57 bits per heavy atom. The molecule has 0 saturated carbocycles. The highest BCUT2D eigenvalue weighted by atomic mass is 32.2. The fourth-order valence-corrected chi connectivity index (χ4v) is 5.83. The van der Waals surface area contributed by atoms with Crippen LogP contribution in [0.5, 0.6) is 11.5 Å². The van der Waals surface area contributed by atoms with Gasteiger partial charge in [0.2, 0.25) is 10.0 Å². The van der Waals surface area contributed by atoms with Crippen molar-refractivity contribution in [3.63, 3.8) is 0 Å². The number of para-hydroxylation sites is 1. The Labute approximate surface area is 178 Å². The van der Waals surface area contributed by atoms with Gasteiger partial charge in [-0.2, -0.15) is 4.31 Å². The zero-order valence-corrected chi connectivity index (χ0v) is 18.2. The number of likely N-dealkylation sites (tertiary alicyclic amines) is 1. The maximum Gasteiger partial charge on any atom is 0.246 e. The van der Waals surface area contributed by atoms with E-state index in [1.807, 2.05) is 18.2 Å². The van der Waals surface area contributed by atoms with Gasteiger partial charge in [0.25, 0.3) is 0 Å². The highest BCUT2D eigenvalue weighted by Gasteiger charge is 2.47. The zero-order chi connectivity index (χ0) is 21.2. The minimum atomic E-state index is -3.64. The molecule has 0 bridgehead atoms. The van der Waals surface area contributed by atoms with Crippen LogP contribution in [0.1, 0.15) is 12.0 Å². The fourth-order valence-electron chi connectivity index (χ4n) is 4.21. The summed E-state index contributed by atoms with van der Waals surface area (Å²) in [5.41, 5.74) is 0.602. The molecule has 0 radical (unpaired) electrons. The van der Waals surface area contributed by atoms with Gasteiger partial charge in [0.1, 0.15) is 22.0 Å². The van der Waals surface area contributed by atoms with Crippen LogP contribution in [-0.4, -0.2) is 70.2 Å². The maximum atomic E-state index is 13.3. The van der Waals surface area contributed by atoms with Crippen molar-refractivity contribution in [3.05, 3.63) is 54.1 Å². The van der Waals surface area contributed by atoms with Gasteiger partial charge < -0.3 is 14.2 Å². The Hall–Kier alpha value is -2.13. The minimum Gasteiger partial charge on any atom is -0.497 e. The molecule has 0 aliphatic carbocycles. The molecule has 0 N–H and O–H groups in total. The molecule has 1 fully saturated rings. The second-order valence-electron chi connectivity index (χ2n) is 7.87. The molecule has 1 spiro atoms. The number of rotatable bonds is 6. The van der Waals surface area contributed by atoms with Crippen LogP contribution in [-0.2, 0) is 21.3 Å². The number of nitrogens with zero attached hydrogens (tertiary/aromatic N) is 2. The summed E-state index contributed by atoms with van der Waals surface area (Å²) in [7, 11) is -0.406. The molecule has 0 aromatic heterocycles. The van der Waals surface area contributed by atoms with Crippen molar-refractivity contribution in [2.24, 2.45) is 0 Å². The second-order valence-corrected chi connectivity index (χ2v) is 9.78. The third-order valence-corrected chi connectivity index (χ3v) is 7.65. The smallest absolute Gasteiger partial charge is 0.246 e. The van der Waals surface area contributed by atoms with Crippen LogP contribution in [0.4, 0.5) is 0 Å². The molecule has 2 aliphatic heterocycles. The van der Waals surface area contributed by atoms with E-state index >= 15 is 0 Å². The molecule has 2 aromatic carbocycles. The van der Waals surface area contributed by atoms with Gasteiger partial charge in [-0.15, -0.1) is 0 Å². The largest absolute Gasteiger partial charge is 0.497 e. The molecule has 2 aromatic rings. The first-order valence-corrected chi connectivity index (χ1v) is 11.5. The van der Waals surface area contributed by atoms with Gasteiger partial charge in [-0.05, 0) is 29.8 Å². The predicted octanol–water partition coefficient (Wildman–Crippen LogP) is 2.37. The molecule has 0 amide bonds. The summed E-state index contributed by atoms with van der Waals surface area (Å²) in [5.74, 6) is 1.27. The van der Waals surface area contributed by atoms with Gasteiger partial charge in [-0.1, -0.05) is 24.3 Å². The monoisotopic (exact) mass is 432 g/mol. The quantitative estimate of drug-likeness (QED) is 0.698. The molecule has 7 nitrogen and oxygen atoms in total. The Morgan fingerprint density at radius 1 is 1.07 bits per heavy atom. The molecule has 162 valence electrons.